The van der Waals surface area contributed by atoms with Gasteiger partial charge < -0.3 is 5.11 Å². The molecule has 3 rings (SSSR count). The lowest BCUT2D eigenvalue weighted by atomic mass is 10.0. The van der Waals surface area contributed by atoms with Crippen molar-refractivity contribution in [2.75, 3.05) is 0 Å². The molecule has 20 heavy (non-hydrogen) atoms. The summed E-state index contributed by atoms with van der Waals surface area (Å²) in [5.41, 5.74) is 3.17. The van der Waals surface area contributed by atoms with Crippen molar-refractivity contribution in [1.29, 1.82) is 0 Å². The predicted molar refractivity (Wildman–Crippen MR) is 75.8 cm³/mol. The molecule has 0 spiro atoms. The molecule has 1 aliphatic rings. The minimum absolute atomic E-state index is 0.463. The fraction of sp³-hybridized carbons (Fsp3) is 0.375. The molecule has 1 heterocycles. The number of rotatable bonds is 5. The van der Waals surface area contributed by atoms with Crippen LogP contribution in [0.5, 0.6) is 0 Å². The number of aliphatic carboxylic acids is 1. The van der Waals surface area contributed by atoms with E-state index in [0.29, 0.717) is 5.92 Å². The first kappa shape index (κ1) is 12.9. The van der Waals surface area contributed by atoms with Crippen LogP contribution >= 0.6 is 0 Å². The molecule has 4 nitrogen and oxygen atoms in total. The van der Waals surface area contributed by atoms with E-state index in [1.807, 2.05) is 35.1 Å². The van der Waals surface area contributed by atoms with Gasteiger partial charge in [-0.15, -0.1) is 0 Å². The second-order valence-electron chi connectivity index (χ2n) is 5.51. The monoisotopic (exact) mass is 270 g/mol. The number of carboxylic acid groups (broad SMARTS) is 1. The Morgan fingerprint density at radius 2 is 2.05 bits per heavy atom. The molecule has 1 unspecified atom stereocenters. The number of carboxylic acids is 1. The third kappa shape index (κ3) is 2.74. The summed E-state index contributed by atoms with van der Waals surface area (Å²) in [6.07, 6.45) is 4.54. The highest BCUT2D eigenvalue weighted by atomic mass is 16.4. The fourth-order valence-electron chi connectivity index (χ4n) is 2.30. The Bertz CT molecular complexity index is 612. The molecule has 1 saturated carbocycles. The van der Waals surface area contributed by atoms with Gasteiger partial charge in [0.15, 0.2) is 0 Å². The van der Waals surface area contributed by atoms with E-state index in [1.165, 1.54) is 18.5 Å². The number of nitrogens with zero attached hydrogens (tertiary/aromatic N) is 2. The van der Waals surface area contributed by atoms with Crippen LogP contribution in [0.3, 0.4) is 0 Å². The number of hydrogen-bond donors (Lipinski definition) is 1. The SMILES string of the molecule is CC(C(=O)O)c1ccc(Cn2ccc(C3CC3)n2)cc1. The smallest absolute Gasteiger partial charge is 0.310 e. The maximum absolute atomic E-state index is 10.9. The first-order valence-corrected chi connectivity index (χ1v) is 6.98. The zero-order chi connectivity index (χ0) is 14.1. The molecule has 1 aromatic carbocycles. The Hall–Kier alpha value is -2.10. The zero-order valence-corrected chi connectivity index (χ0v) is 11.5. The topological polar surface area (TPSA) is 55.1 Å². The molecular weight excluding hydrogens is 252 g/mol. The van der Waals surface area contributed by atoms with E-state index in [2.05, 4.69) is 11.2 Å². The van der Waals surface area contributed by atoms with Crippen molar-refractivity contribution in [3.8, 4) is 0 Å². The Morgan fingerprint density at radius 3 is 2.65 bits per heavy atom. The fourth-order valence-corrected chi connectivity index (χ4v) is 2.30. The van der Waals surface area contributed by atoms with Crippen LogP contribution in [0.1, 0.15) is 48.4 Å². The molecule has 0 amide bonds. The second-order valence-corrected chi connectivity index (χ2v) is 5.51. The number of aromatic nitrogens is 2. The van der Waals surface area contributed by atoms with Gasteiger partial charge in [0.05, 0.1) is 18.2 Å². The van der Waals surface area contributed by atoms with Crippen LogP contribution in [0.15, 0.2) is 36.5 Å². The number of carbonyl (C=O) groups is 1. The number of benzene rings is 1. The maximum atomic E-state index is 10.9. The Morgan fingerprint density at radius 1 is 1.35 bits per heavy atom. The average molecular weight is 270 g/mol. The maximum Gasteiger partial charge on any atom is 0.310 e. The number of hydrogen-bond acceptors (Lipinski definition) is 2. The minimum atomic E-state index is -0.793. The highest BCUT2D eigenvalue weighted by Crippen LogP contribution is 2.38. The molecule has 104 valence electrons. The van der Waals surface area contributed by atoms with Crippen molar-refractivity contribution >= 4 is 5.97 Å². The van der Waals surface area contributed by atoms with E-state index in [9.17, 15) is 4.79 Å². The predicted octanol–water partition coefficient (Wildman–Crippen LogP) is 3.00. The summed E-state index contributed by atoms with van der Waals surface area (Å²) >= 11 is 0. The van der Waals surface area contributed by atoms with E-state index in [0.717, 1.165) is 17.7 Å². The summed E-state index contributed by atoms with van der Waals surface area (Å²) in [6.45, 7) is 2.43. The summed E-state index contributed by atoms with van der Waals surface area (Å²) in [6, 6.07) is 9.83. The lowest BCUT2D eigenvalue weighted by Crippen LogP contribution is -2.07. The Labute approximate surface area is 118 Å². The van der Waals surface area contributed by atoms with E-state index in [4.69, 9.17) is 5.11 Å². The van der Waals surface area contributed by atoms with Crippen LogP contribution in [-0.2, 0) is 11.3 Å². The first-order valence-electron chi connectivity index (χ1n) is 6.98. The summed E-state index contributed by atoms with van der Waals surface area (Å²) in [5, 5.41) is 13.6. The quantitative estimate of drug-likeness (QED) is 0.908. The molecule has 1 aliphatic carbocycles. The van der Waals surface area contributed by atoms with Crippen LogP contribution in [-0.4, -0.2) is 20.9 Å². The van der Waals surface area contributed by atoms with Gasteiger partial charge in [-0.2, -0.15) is 5.10 Å². The largest absolute Gasteiger partial charge is 0.481 e. The molecular formula is C16H18N2O2. The van der Waals surface area contributed by atoms with Crippen LogP contribution in [0, 0.1) is 0 Å². The van der Waals surface area contributed by atoms with Crippen molar-refractivity contribution in [2.24, 2.45) is 0 Å². The van der Waals surface area contributed by atoms with Crippen LogP contribution in [0.2, 0.25) is 0 Å². The van der Waals surface area contributed by atoms with E-state index in [1.54, 1.807) is 6.92 Å². The Kier molecular flexibility index (Phi) is 3.30. The molecule has 1 N–H and O–H groups in total. The normalized spacial score (nSPS) is 16.1. The molecule has 4 heteroatoms. The van der Waals surface area contributed by atoms with E-state index < -0.39 is 11.9 Å². The summed E-state index contributed by atoms with van der Waals surface area (Å²) < 4.78 is 1.95. The van der Waals surface area contributed by atoms with Crippen molar-refractivity contribution in [3.63, 3.8) is 0 Å². The van der Waals surface area contributed by atoms with Gasteiger partial charge in [0.25, 0.3) is 0 Å². The van der Waals surface area contributed by atoms with Crippen molar-refractivity contribution < 1.29 is 9.90 Å². The van der Waals surface area contributed by atoms with Gasteiger partial charge >= 0.3 is 5.97 Å². The molecule has 0 bridgehead atoms. The van der Waals surface area contributed by atoms with E-state index in [-0.39, 0.29) is 0 Å². The summed E-state index contributed by atoms with van der Waals surface area (Å²) in [4.78, 5) is 10.9. The van der Waals surface area contributed by atoms with Gasteiger partial charge in [0.2, 0.25) is 0 Å². The summed E-state index contributed by atoms with van der Waals surface area (Å²) in [5.74, 6) is -0.579. The zero-order valence-electron chi connectivity index (χ0n) is 11.5. The average Bonchev–Trinajstić information content (AvgIpc) is 3.20. The summed E-state index contributed by atoms with van der Waals surface area (Å²) in [7, 11) is 0. The second kappa shape index (κ2) is 5.12. The molecule has 1 fully saturated rings. The van der Waals surface area contributed by atoms with Gasteiger partial charge in [0, 0.05) is 12.1 Å². The van der Waals surface area contributed by atoms with Crippen molar-refractivity contribution in [3.05, 3.63) is 53.3 Å². The van der Waals surface area contributed by atoms with Gasteiger partial charge in [-0.3, -0.25) is 9.48 Å². The third-order valence-electron chi connectivity index (χ3n) is 3.85. The molecule has 0 radical (unpaired) electrons. The molecule has 0 saturated heterocycles. The molecule has 1 aromatic heterocycles. The van der Waals surface area contributed by atoms with Crippen molar-refractivity contribution in [2.45, 2.75) is 38.1 Å². The van der Waals surface area contributed by atoms with E-state index >= 15 is 0 Å². The highest BCUT2D eigenvalue weighted by molar-refractivity contribution is 5.75. The standard InChI is InChI=1S/C16H18N2O2/c1-11(16(19)20)13-4-2-12(3-5-13)10-18-9-8-15(17-18)14-6-7-14/h2-5,8-9,11,14H,6-7,10H2,1H3,(H,19,20). The Balaban J connectivity index is 1.69. The van der Waals surface area contributed by atoms with Crippen molar-refractivity contribution in [1.82, 2.24) is 9.78 Å². The minimum Gasteiger partial charge on any atom is -0.481 e. The lowest BCUT2D eigenvalue weighted by Gasteiger charge is -2.08. The van der Waals surface area contributed by atoms with Gasteiger partial charge in [-0.25, -0.2) is 0 Å². The first-order chi connectivity index (χ1) is 9.63. The van der Waals surface area contributed by atoms with Gasteiger partial charge in [0.1, 0.15) is 0 Å². The van der Waals surface area contributed by atoms with Crippen LogP contribution in [0.25, 0.3) is 0 Å². The van der Waals surface area contributed by atoms with Gasteiger partial charge in [-0.1, -0.05) is 24.3 Å². The molecule has 2 aromatic rings. The lowest BCUT2D eigenvalue weighted by molar-refractivity contribution is -0.138. The highest BCUT2D eigenvalue weighted by Gasteiger charge is 2.25. The van der Waals surface area contributed by atoms with Gasteiger partial charge in [-0.05, 0) is 37.0 Å². The third-order valence-corrected chi connectivity index (χ3v) is 3.85. The molecule has 1 atom stereocenters. The van der Waals surface area contributed by atoms with Crippen LogP contribution in [0.4, 0.5) is 0 Å². The molecule has 0 aliphatic heterocycles. The van der Waals surface area contributed by atoms with Crippen LogP contribution < -0.4 is 0 Å².